The molecule has 0 aliphatic carbocycles. The van der Waals surface area contributed by atoms with E-state index >= 15 is 0 Å². The van der Waals surface area contributed by atoms with E-state index < -0.39 is 11.9 Å². The van der Waals surface area contributed by atoms with Crippen LogP contribution in [0.4, 0.5) is 4.39 Å². The predicted molar refractivity (Wildman–Crippen MR) is 40.0 cm³/mol. The lowest BCUT2D eigenvalue weighted by Crippen LogP contribution is -2.05. The van der Waals surface area contributed by atoms with Gasteiger partial charge < -0.3 is 4.74 Å². The van der Waals surface area contributed by atoms with Gasteiger partial charge in [-0.1, -0.05) is 6.58 Å². The number of esters is 1. The molecule has 1 heterocycles. The van der Waals surface area contributed by atoms with E-state index in [1.165, 1.54) is 18.3 Å². The SMILES string of the molecule is C=CC(=O)Oc1cccnc1F. The zero-order valence-electron chi connectivity index (χ0n) is 6.16. The molecule has 0 aromatic carbocycles. The van der Waals surface area contributed by atoms with Crippen molar-refractivity contribution < 1.29 is 13.9 Å². The number of carbonyl (C=O) groups is 1. The fraction of sp³-hybridized carbons (Fsp3) is 0. The Kier molecular flexibility index (Phi) is 2.53. The molecule has 0 fully saturated rings. The Labute approximate surface area is 68.5 Å². The molecule has 1 aromatic rings. The summed E-state index contributed by atoms with van der Waals surface area (Å²) in [7, 11) is 0. The summed E-state index contributed by atoms with van der Waals surface area (Å²) in [6, 6.07) is 2.78. The highest BCUT2D eigenvalue weighted by Gasteiger charge is 2.05. The second-order valence-electron chi connectivity index (χ2n) is 1.92. The number of pyridine rings is 1. The van der Waals surface area contributed by atoms with Gasteiger partial charge in [0.25, 0.3) is 5.95 Å². The molecule has 0 N–H and O–H groups in total. The van der Waals surface area contributed by atoms with Gasteiger partial charge in [0, 0.05) is 12.3 Å². The number of hydrogen-bond donors (Lipinski definition) is 0. The first kappa shape index (κ1) is 8.39. The molecule has 0 aliphatic rings. The van der Waals surface area contributed by atoms with E-state index in [9.17, 15) is 9.18 Å². The van der Waals surface area contributed by atoms with Crippen LogP contribution in [-0.2, 0) is 4.79 Å². The fourth-order valence-corrected chi connectivity index (χ4v) is 0.597. The van der Waals surface area contributed by atoms with Crippen molar-refractivity contribution in [2.45, 2.75) is 0 Å². The lowest BCUT2D eigenvalue weighted by molar-refractivity contribution is -0.129. The first-order valence-corrected chi connectivity index (χ1v) is 3.19. The molecule has 0 bridgehead atoms. The van der Waals surface area contributed by atoms with Crippen molar-refractivity contribution in [1.29, 1.82) is 0 Å². The Morgan fingerprint density at radius 3 is 3.08 bits per heavy atom. The molecule has 0 unspecified atom stereocenters. The third-order valence-corrected chi connectivity index (χ3v) is 1.10. The first-order valence-electron chi connectivity index (χ1n) is 3.19. The van der Waals surface area contributed by atoms with Crippen molar-refractivity contribution in [2.24, 2.45) is 0 Å². The van der Waals surface area contributed by atoms with E-state index in [1.54, 1.807) is 0 Å². The molecule has 1 aromatic heterocycles. The van der Waals surface area contributed by atoms with Crippen LogP contribution in [0.3, 0.4) is 0 Å². The molecular weight excluding hydrogens is 161 g/mol. The van der Waals surface area contributed by atoms with Crippen LogP contribution in [-0.4, -0.2) is 11.0 Å². The number of hydrogen-bond acceptors (Lipinski definition) is 3. The van der Waals surface area contributed by atoms with Gasteiger partial charge in [-0.3, -0.25) is 0 Å². The van der Waals surface area contributed by atoms with E-state index in [-0.39, 0.29) is 5.75 Å². The van der Waals surface area contributed by atoms with E-state index in [2.05, 4.69) is 16.3 Å². The quantitative estimate of drug-likeness (QED) is 0.378. The van der Waals surface area contributed by atoms with Crippen LogP contribution in [0.15, 0.2) is 31.0 Å². The number of halogens is 1. The number of ether oxygens (including phenoxy) is 1. The van der Waals surface area contributed by atoms with Crippen LogP contribution in [0, 0.1) is 5.95 Å². The molecule has 0 saturated heterocycles. The van der Waals surface area contributed by atoms with E-state index in [0.717, 1.165) is 6.08 Å². The minimum absolute atomic E-state index is 0.192. The zero-order chi connectivity index (χ0) is 8.97. The standard InChI is InChI=1S/C8H6FNO2/c1-2-7(11)12-6-4-3-5-10-8(6)9/h2-5H,1H2. The summed E-state index contributed by atoms with van der Waals surface area (Å²) in [6.07, 6.45) is 2.22. The minimum atomic E-state index is -0.812. The molecule has 12 heavy (non-hydrogen) atoms. The highest BCUT2D eigenvalue weighted by Crippen LogP contribution is 2.12. The molecular formula is C8H6FNO2. The van der Waals surface area contributed by atoms with Crippen LogP contribution in [0.2, 0.25) is 0 Å². The number of aromatic nitrogens is 1. The molecule has 1 rings (SSSR count). The lowest BCUT2D eigenvalue weighted by atomic mass is 10.4. The van der Waals surface area contributed by atoms with Crippen molar-refractivity contribution in [1.82, 2.24) is 4.98 Å². The molecule has 3 nitrogen and oxygen atoms in total. The van der Waals surface area contributed by atoms with Crippen molar-refractivity contribution in [3.8, 4) is 5.75 Å². The van der Waals surface area contributed by atoms with Gasteiger partial charge >= 0.3 is 5.97 Å². The van der Waals surface area contributed by atoms with Crippen LogP contribution in [0.1, 0.15) is 0 Å². The maximum absolute atomic E-state index is 12.7. The zero-order valence-corrected chi connectivity index (χ0v) is 6.16. The summed E-state index contributed by atoms with van der Waals surface area (Å²) >= 11 is 0. The highest BCUT2D eigenvalue weighted by molar-refractivity contribution is 5.83. The molecule has 0 radical (unpaired) electrons. The smallest absolute Gasteiger partial charge is 0.335 e. The van der Waals surface area contributed by atoms with Gasteiger partial charge in [-0.15, -0.1) is 0 Å². The van der Waals surface area contributed by atoms with Crippen LogP contribution in [0.25, 0.3) is 0 Å². The minimum Gasteiger partial charge on any atom is -0.418 e. The van der Waals surface area contributed by atoms with E-state index in [1.807, 2.05) is 0 Å². The van der Waals surface area contributed by atoms with Crippen molar-refractivity contribution in [2.75, 3.05) is 0 Å². The normalized spacial score (nSPS) is 9.08. The average Bonchev–Trinajstić information content (AvgIpc) is 2.09. The second kappa shape index (κ2) is 3.61. The van der Waals surface area contributed by atoms with Gasteiger partial charge in [-0.05, 0) is 12.1 Å². The molecule has 0 saturated carbocycles. The Balaban J connectivity index is 2.82. The molecule has 4 heteroatoms. The van der Waals surface area contributed by atoms with Crippen molar-refractivity contribution in [3.05, 3.63) is 36.9 Å². The molecule has 0 atom stereocenters. The maximum atomic E-state index is 12.7. The Hall–Kier alpha value is -1.71. The van der Waals surface area contributed by atoms with E-state index in [0.29, 0.717) is 0 Å². The number of carbonyl (C=O) groups excluding carboxylic acids is 1. The fourth-order valence-electron chi connectivity index (χ4n) is 0.597. The number of nitrogens with zero attached hydrogens (tertiary/aromatic N) is 1. The van der Waals surface area contributed by atoms with Crippen LogP contribution >= 0.6 is 0 Å². The topological polar surface area (TPSA) is 39.2 Å². The Bertz CT molecular complexity index is 312. The van der Waals surface area contributed by atoms with Gasteiger partial charge in [0.05, 0.1) is 0 Å². The second-order valence-corrected chi connectivity index (χ2v) is 1.92. The Morgan fingerprint density at radius 2 is 2.50 bits per heavy atom. The largest absolute Gasteiger partial charge is 0.418 e. The van der Waals surface area contributed by atoms with Gasteiger partial charge in [0.2, 0.25) is 0 Å². The van der Waals surface area contributed by atoms with Gasteiger partial charge in [0.15, 0.2) is 5.75 Å². The molecule has 0 amide bonds. The molecule has 0 spiro atoms. The van der Waals surface area contributed by atoms with Gasteiger partial charge in [-0.25, -0.2) is 9.78 Å². The highest BCUT2D eigenvalue weighted by atomic mass is 19.1. The maximum Gasteiger partial charge on any atom is 0.335 e. The summed E-state index contributed by atoms with van der Waals surface area (Å²) < 4.78 is 17.2. The van der Waals surface area contributed by atoms with Gasteiger partial charge in [-0.2, -0.15) is 4.39 Å². The molecule has 0 aliphatic heterocycles. The van der Waals surface area contributed by atoms with Crippen LogP contribution < -0.4 is 4.74 Å². The third kappa shape index (κ3) is 1.88. The van der Waals surface area contributed by atoms with Gasteiger partial charge in [0.1, 0.15) is 0 Å². The summed E-state index contributed by atoms with van der Waals surface area (Å²) in [4.78, 5) is 13.9. The molecule has 62 valence electrons. The van der Waals surface area contributed by atoms with Crippen molar-refractivity contribution >= 4 is 5.97 Å². The summed E-state index contributed by atoms with van der Waals surface area (Å²) in [5.41, 5.74) is 0. The summed E-state index contributed by atoms with van der Waals surface area (Å²) in [5, 5.41) is 0. The number of rotatable bonds is 2. The van der Waals surface area contributed by atoms with Crippen LogP contribution in [0.5, 0.6) is 5.75 Å². The first-order chi connectivity index (χ1) is 5.74. The lowest BCUT2D eigenvalue weighted by Gasteiger charge is -1.99. The monoisotopic (exact) mass is 167 g/mol. The van der Waals surface area contributed by atoms with Crippen molar-refractivity contribution in [3.63, 3.8) is 0 Å². The summed E-state index contributed by atoms with van der Waals surface area (Å²) in [5.74, 6) is -1.71. The average molecular weight is 167 g/mol. The Morgan fingerprint density at radius 1 is 1.75 bits per heavy atom. The summed E-state index contributed by atoms with van der Waals surface area (Å²) in [6.45, 7) is 3.17. The van der Waals surface area contributed by atoms with E-state index in [4.69, 9.17) is 0 Å². The third-order valence-electron chi connectivity index (χ3n) is 1.10. The predicted octanol–water partition coefficient (Wildman–Crippen LogP) is 1.31.